The highest BCUT2D eigenvalue weighted by molar-refractivity contribution is 6.34. The van der Waals surface area contributed by atoms with Crippen molar-refractivity contribution in [3.05, 3.63) is 52.9 Å². The number of hydrogen-bond acceptors (Lipinski definition) is 3. The Morgan fingerprint density at radius 2 is 2.21 bits per heavy atom. The average molecular weight is 348 g/mol. The van der Waals surface area contributed by atoms with E-state index in [4.69, 9.17) is 11.6 Å². The first-order valence-electron chi connectivity index (χ1n) is 8.01. The van der Waals surface area contributed by atoms with Crippen LogP contribution in [0.2, 0.25) is 5.02 Å². The van der Waals surface area contributed by atoms with Gasteiger partial charge in [-0.15, -0.1) is 0 Å². The summed E-state index contributed by atoms with van der Waals surface area (Å²) < 4.78 is 13.8. The van der Waals surface area contributed by atoms with Gasteiger partial charge in [0.05, 0.1) is 22.5 Å². The topological polar surface area (TPSA) is 45.2 Å². The van der Waals surface area contributed by atoms with Gasteiger partial charge in [-0.1, -0.05) is 24.6 Å². The molecule has 0 radical (unpaired) electrons. The second kappa shape index (κ2) is 7.18. The van der Waals surface area contributed by atoms with Crippen LogP contribution < -0.4 is 10.2 Å². The molecule has 24 heavy (non-hydrogen) atoms. The molecule has 1 aromatic carbocycles. The molecule has 2 heterocycles. The van der Waals surface area contributed by atoms with E-state index in [1.807, 2.05) is 6.07 Å². The second-order valence-electron chi connectivity index (χ2n) is 6.15. The minimum Gasteiger partial charge on any atom is -0.370 e. The van der Waals surface area contributed by atoms with Crippen molar-refractivity contribution in [2.24, 2.45) is 5.92 Å². The van der Waals surface area contributed by atoms with Gasteiger partial charge in [-0.25, -0.2) is 9.37 Å². The van der Waals surface area contributed by atoms with Crippen molar-refractivity contribution >= 4 is 29.0 Å². The molecule has 6 heteroatoms. The third-order valence-corrected chi connectivity index (χ3v) is 4.52. The molecule has 0 saturated carbocycles. The van der Waals surface area contributed by atoms with Gasteiger partial charge >= 0.3 is 0 Å². The zero-order chi connectivity index (χ0) is 17.1. The maximum absolute atomic E-state index is 13.8. The Balaban J connectivity index is 1.71. The first kappa shape index (κ1) is 16.7. The molecular weight excluding hydrogens is 329 g/mol. The summed E-state index contributed by atoms with van der Waals surface area (Å²) in [7, 11) is 0. The number of piperidine rings is 1. The van der Waals surface area contributed by atoms with Crippen LogP contribution in [0.1, 0.15) is 30.1 Å². The second-order valence-corrected chi connectivity index (χ2v) is 6.55. The number of hydrogen-bond donors (Lipinski definition) is 1. The molecule has 0 bridgehead atoms. The lowest BCUT2D eigenvalue weighted by molar-refractivity contribution is 0.102. The average Bonchev–Trinajstić information content (AvgIpc) is 2.55. The van der Waals surface area contributed by atoms with Gasteiger partial charge in [-0.3, -0.25) is 4.79 Å². The molecule has 1 aliphatic heterocycles. The van der Waals surface area contributed by atoms with E-state index in [2.05, 4.69) is 22.1 Å². The number of benzene rings is 1. The fraction of sp³-hybridized carbons (Fsp3) is 0.333. The fourth-order valence-electron chi connectivity index (χ4n) is 2.96. The number of halogens is 2. The van der Waals surface area contributed by atoms with Crippen LogP contribution in [0.25, 0.3) is 0 Å². The van der Waals surface area contributed by atoms with Gasteiger partial charge in [0.1, 0.15) is 11.6 Å². The van der Waals surface area contributed by atoms with Gasteiger partial charge in [0.15, 0.2) is 0 Å². The van der Waals surface area contributed by atoms with Gasteiger partial charge in [0, 0.05) is 13.1 Å². The Kier molecular flexibility index (Phi) is 5.00. The van der Waals surface area contributed by atoms with E-state index in [1.54, 1.807) is 12.3 Å². The summed E-state index contributed by atoms with van der Waals surface area (Å²) in [5, 5.41) is 2.66. The van der Waals surface area contributed by atoms with Gasteiger partial charge in [-0.05, 0) is 43.0 Å². The predicted molar refractivity (Wildman–Crippen MR) is 94.2 cm³/mol. The summed E-state index contributed by atoms with van der Waals surface area (Å²) in [5.74, 6) is -0.224. The quantitative estimate of drug-likeness (QED) is 0.897. The number of anilines is 2. The van der Waals surface area contributed by atoms with E-state index in [9.17, 15) is 9.18 Å². The number of pyridine rings is 1. The monoisotopic (exact) mass is 347 g/mol. The first-order chi connectivity index (χ1) is 11.5. The van der Waals surface area contributed by atoms with Crippen LogP contribution in [-0.2, 0) is 0 Å². The molecule has 0 aliphatic carbocycles. The maximum atomic E-state index is 13.8. The van der Waals surface area contributed by atoms with Crippen molar-refractivity contribution in [2.45, 2.75) is 19.8 Å². The normalized spacial score (nSPS) is 17.6. The standard InChI is InChI=1S/C18H19ClFN3O/c1-12-4-3-9-23(11-12)13-7-8-16(21-10-13)22-18(24)17-14(19)5-2-6-15(17)20/h2,5-8,10,12H,3-4,9,11H2,1H3,(H,21,22,24). The number of amides is 1. The van der Waals surface area contributed by atoms with E-state index < -0.39 is 11.7 Å². The Morgan fingerprint density at radius 1 is 1.38 bits per heavy atom. The van der Waals surface area contributed by atoms with E-state index in [0.29, 0.717) is 11.7 Å². The van der Waals surface area contributed by atoms with Crippen molar-refractivity contribution in [3.8, 4) is 0 Å². The minimum atomic E-state index is -0.654. The smallest absolute Gasteiger partial charge is 0.261 e. The molecule has 0 spiro atoms. The van der Waals surface area contributed by atoms with E-state index in [1.165, 1.54) is 31.0 Å². The number of carbonyl (C=O) groups is 1. The Morgan fingerprint density at radius 3 is 2.88 bits per heavy atom. The van der Waals surface area contributed by atoms with Gasteiger partial charge in [-0.2, -0.15) is 0 Å². The van der Waals surface area contributed by atoms with Crippen LogP contribution in [0, 0.1) is 11.7 Å². The third kappa shape index (κ3) is 3.67. The summed E-state index contributed by atoms with van der Waals surface area (Å²) in [4.78, 5) is 18.8. The minimum absolute atomic E-state index is 0.0754. The van der Waals surface area contributed by atoms with Crippen LogP contribution in [0.4, 0.5) is 15.9 Å². The van der Waals surface area contributed by atoms with Crippen LogP contribution in [0.5, 0.6) is 0 Å². The lowest BCUT2D eigenvalue weighted by Gasteiger charge is -2.32. The summed E-state index contributed by atoms with van der Waals surface area (Å²) in [6.45, 7) is 4.27. The van der Waals surface area contributed by atoms with E-state index >= 15 is 0 Å². The molecule has 1 N–H and O–H groups in total. The Bertz CT molecular complexity index is 715. The highest BCUT2D eigenvalue weighted by atomic mass is 35.5. The van der Waals surface area contributed by atoms with Crippen molar-refractivity contribution in [3.63, 3.8) is 0 Å². The van der Waals surface area contributed by atoms with Crippen molar-refractivity contribution in [2.75, 3.05) is 23.3 Å². The molecule has 1 fully saturated rings. The van der Waals surface area contributed by atoms with Gasteiger partial charge in [0.25, 0.3) is 5.91 Å². The maximum Gasteiger partial charge on any atom is 0.261 e. The highest BCUT2D eigenvalue weighted by Gasteiger charge is 2.18. The summed E-state index contributed by atoms with van der Waals surface area (Å²) in [6.07, 6.45) is 4.16. The first-order valence-corrected chi connectivity index (χ1v) is 8.39. The fourth-order valence-corrected chi connectivity index (χ4v) is 3.21. The lowest BCUT2D eigenvalue weighted by Crippen LogP contribution is -2.34. The molecule has 1 saturated heterocycles. The lowest BCUT2D eigenvalue weighted by atomic mass is 10.00. The van der Waals surface area contributed by atoms with Crippen molar-refractivity contribution in [1.29, 1.82) is 0 Å². The largest absolute Gasteiger partial charge is 0.370 e. The number of rotatable bonds is 3. The zero-order valence-corrected chi connectivity index (χ0v) is 14.2. The van der Waals surface area contributed by atoms with Crippen molar-refractivity contribution in [1.82, 2.24) is 4.98 Å². The molecule has 1 aliphatic rings. The van der Waals surface area contributed by atoms with Crippen LogP contribution >= 0.6 is 11.6 Å². The number of aromatic nitrogens is 1. The van der Waals surface area contributed by atoms with Crippen LogP contribution in [0.3, 0.4) is 0 Å². The molecule has 1 unspecified atom stereocenters. The molecule has 1 aromatic heterocycles. The summed E-state index contributed by atoms with van der Waals surface area (Å²) >= 11 is 5.90. The number of nitrogens with zero attached hydrogens (tertiary/aromatic N) is 2. The van der Waals surface area contributed by atoms with E-state index in [0.717, 1.165) is 18.8 Å². The SMILES string of the molecule is CC1CCCN(c2ccc(NC(=O)c3c(F)cccc3Cl)nc2)C1. The number of carbonyl (C=O) groups excluding carboxylic acids is 1. The molecular formula is C18H19ClFN3O. The van der Waals surface area contributed by atoms with Crippen LogP contribution in [-0.4, -0.2) is 24.0 Å². The number of nitrogens with one attached hydrogen (secondary N) is 1. The Labute approximate surface area is 145 Å². The molecule has 2 aromatic rings. The molecule has 4 nitrogen and oxygen atoms in total. The molecule has 126 valence electrons. The molecule has 3 rings (SSSR count). The van der Waals surface area contributed by atoms with Crippen molar-refractivity contribution < 1.29 is 9.18 Å². The van der Waals surface area contributed by atoms with E-state index in [-0.39, 0.29) is 10.6 Å². The third-order valence-electron chi connectivity index (χ3n) is 4.20. The predicted octanol–water partition coefficient (Wildman–Crippen LogP) is 4.36. The van der Waals surface area contributed by atoms with Gasteiger partial charge < -0.3 is 10.2 Å². The molecule has 1 amide bonds. The summed E-state index contributed by atoms with van der Waals surface area (Å²) in [6, 6.07) is 7.79. The molecule has 1 atom stereocenters. The van der Waals surface area contributed by atoms with Crippen LogP contribution in [0.15, 0.2) is 36.5 Å². The Hall–Kier alpha value is -2.14. The highest BCUT2D eigenvalue weighted by Crippen LogP contribution is 2.24. The zero-order valence-electron chi connectivity index (χ0n) is 13.4. The summed E-state index contributed by atoms with van der Waals surface area (Å²) in [5.41, 5.74) is 0.860. The van der Waals surface area contributed by atoms with Gasteiger partial charge in [0.2, 0.25) is 0 Å².